The fraction of sp³-hybridized carbons (Fsp3) is 0.650. The van der Waals surface area contributed by atoms with Crippen molar-refractivity contribution in [2.24, 2.45) is 16.6 Å². The van der Waals surface area contributed by atoms with Gasteiger partial charge in [0.1, 0.15) is 5.82 Å². The van der Waals surface area contributed by atoms with Gasteiger partial charge in [-0.2, -0.15) is 0 Å². The molecule has 4 N–H and O–H groups in total. The zero-order valence-corrected chi connectivity index (χ0v) is 16.3. The Morgan fingerprint density at radius 1 is 1.30 bits per heavy atom. The van der Waals surface area contributed by atoms with Gasteiger partial charge in [-0.1, -0.05) is 25.3 Å². The van der Waals surface area contributed by atoms with Crippen LogP contribution in [0.1, 0.15) is 50.5 Å². The maximum absolute atomic E-state index is 11.6. The first-order chi connectivity index (χ1) is 13.2. The summed E-state index contributed by atoms with van der Waals surface area (Å²) in [5.74, 6) is 1.46. The first kappa shape index (κ1) is 19.5. The molecular weight excluding hydrogens is 340 g/mol. The van der Waals surface area contributed by atoms with E-state index in [9.17, 15) is 4.79 Å². The summed E-state index contributed by atoms with van der Waals surface area (Å²) in [5.41, 5.74) is 6.63. The lowest BCUT2D eigenvalue weighted by molar-refractivity contribution is -0.122. The van der Waals surface area contributed by atoms with E-state index in [1.165, 1.54) is 32.1 Å². The lowest BCUT2D eigenvalue weighted by atomic mass is 9.96. The Kier molecular flexibility index (Phi) is 6.90. The van der Waals surface area contributed by atoms with Gasteiger partial charge in [0, 0.05) is 44.5 Å². The highest BCUT2D eigenvalue weighted by Gasteiger charge is 2.26. The highest BCUT2D eigenvalue weighted by atomic mass is 16.1. The summed E-state index contributed by atoms with van der Waals surface area (Å²) >= 11 is 0. The Morgan fingerprint density at radius 2 is 2.11 bits per heavy atom. The SMILES string of the molecule is CN=C(NCc1cccnc1N1CCCC(C(N)=O)C1)NC1CCCCC1. The third kappa shape index (κ3) is 5.34. The average Bonchev–Trinajstić information content (AvgIpc) is 2.72. The number of primary amides is 1. The van der Waals surface area contributed by atoms with Crippen molar-refractivity contribution in [1.29, 1.82) is 0 Å². The third-order valence-electron chi connectivity index (χ3n) is 5.61. The molecule has 0 spiro atoms. The minimum atomic E-state index is -0.215. The van der Waals surface area contributed by atoms with E-state index in [2.05, 4.69) is 31.6 Å². The number of nitrogens with one attached hydrogen (secondary N) is 2. The van der Waals surface area contributed by atoms with Gasteiger partial charge in [0.15, 0.2) is 5.96 Å². The Morgan fingerprint density at radius 3 is 2.85 bits per heavy atom. The molecule has 1 unspecified atom stereocenters. The van der Waals surface area contributed by atoms with E-state index in [0.717, 1.165) is 36.7 Å². The van der Waals surface area contributed by atoms with Gasteiger partial charge in [0.2, 0.25) is 5.91 Å². The van der Waals surface area contributed by atoms with Crippen molar-refractivity contribution < 1.29 is 4.79 Å². The van der Waals surface area contributed by atoms with Gasteiger partial charge in [-0.05, 0) is 31.7 Å². The number of hydrogen-bond donors (Lipinski definition) is 3. The average molecular weight is 373 g/mol. The van der Waals surface area contributed by atoms with Crippen LogP contribution < -0.4 is 21.3 Å². The molecule has 0 bridgehead atoms. The molecule has 0 aromatic carbocycles. The molecule has 2 heterocycles. The largest absolute Gasteiger partial charge is 0.369 e. The van der Waals surface area contributed by atoms with Gasteiger partial charge in [0.05, 0.1) is 5.92 Å². The second-order valence-electron chi connectivity index (χ2n) is 7.58. The van der Waals surface area contributed by atoms with Crippen molar-refractivity contribution in [3.8, 4) is 0 Å². The minimum Gasteiger partial charge on any atom is -0.369 e. The van der Waals surface area contributed by atoms with Gasteiger partial charge in [-0.3, -0.25) is 9.79 Å². The van der Waals surface area contributed by atoms with Crippen molar-refractivity contribution in [2.75, 3.05) is 25.0 Å². The highest BCUT2D eigenvalue weighted by Crippen LogP contribution is 2.24. The number of carbonyl (C=O) groups is 1. The molecule has 1 aromatic heterocycles. The number of guanidine groups is 1. The monoisotopic (exact) mass is 372 g/mol. The first-order valence-corrected chi connectivity index (χ1v) is 10.1. The fourth-order valence-corrected chi connectivity index (χ4v) is 4.07. The molecule has 1 saturated carbocycles. The van der Waals surface area contributed by atoms with E-state index in [0.29, 0.717) is 19.1 Å². The molecule has 7 nitrogen and oxygen atoms in total. The van der Waals surface area contributed by atoms with Crippen molar-refractivity contribution >= 4 is 17.7 Å². The number of pyridine rings is 1. The van der Waals surface area contributed by atoms with E-state index in [1.54, 1.807) is 0 Å². The van der Waals surface area contributed by atoms with Crippen LogP contribution >= 0.6 is 0 Å². The molecular formula is C20H32N6O. The molecule has 3 rings (SSSR count). The number of anilines is 1. The fourth-order valence-electron chi connectivity index (χ4n) is 4.07. The minimum absolute atomic E-state index is 0.0951. The molecule has 1 saturated heterocycles. The predicted molar refractivity (Wildman–Crippen MR) is 109 cm³/mol. The maximum atomic E-state index is 11.6. The summed E-state index contributed by atoms with van der Waals surface area (Å²) < 4.78 is 0. The molecule has 0 radical (unpaired) electrons. The molecule has 1 aliphatic heterocycles. The van der Waals surface area contributed by atoms with E-state index >= 15 is 0 Å². The molecule has 27 heavy (non-hydrogen) atoms. The predicted octanol–water partition coefficient (Wildman–Crippen LogP) is 1.78. The van der Waals surface area contributed by atoms with Crippen molar-refractivity contribution in [2.45, 2.75) is 57.5 Å². The van der Waals surface area contributed by atoms with Gasteiger partial charge in [-0.15, -0.1) is 0 Å². The number of amides is 1. The lowest BCUT2D eigenvalue weighted by Crippen LogP contribution is -2.44. The topological polar surface area (TPSA) is 95.6 Å². The van der Waals surface area contributed by atoms with Crippen LogP contribution in [-0.4, -0.2) is 43.0 Å². The van der Waals surface area contributed by atoms with Crippen LogP contribution in [-0.2, 0) is 11.3 Å². The van der Waals surface area contributed by atoms with Crippen LogP contribution in [0.2, 0.25) is 0 Å². The van der Waals surface area contributed by atoms with E-state index < -0.39 is 0 Å². The summed E-state index contributed by atoms with van der Waals surface area (Å²) in [6, 6.07) is 4.54. The molecule has 1 aromatic rings. The molecule has 7 heteroatoms. The van der Waals surface area contributed by atoms with Crippen LogP contribution in [0, 0.1) is 5.92 Å². The molecule has 1 aliphatic carbocycles. The molecule has 2 aliphatic rings. The quantitative estimate of drug-likeness (QED) is 0.541. The molecule has 1 atom stereocenters. The number of hydrogen-bond acceptors (Lipinski definition) is 4. The molecule has 2 fully saturated rings. The molecule has 148 valence electrons. The standard InChI is InChI=1S/C20H32N6O/c1-22-20(25-17-9-3-2-4-10-17)24-13-15-7-5-11-23-19(15)26-12-6-8-16(14-26)18(21)27/h5,7,11,16-17H,2-4,6,8-10,12-14H2,1H3,(H2,21,27)(H2,22,24,25). The first-order valence-electron chi connectivity index (χ1n) is 10.1. The zero-order valence-electron chi connectivity index (χ0n) is 16.3. The summed E-state index contributed by atoms with van der Waals surface area (Å²) in [6.07, 6.45) is 9.97. The Bertz CT molecular complexity index is 656. The van der Waals surface area contributed by atoms with Gasteiger partial charge in [-0.25, -0.2) is 4.98 Å². The number of nitrogens with zero attached hydrogens (tertiary/aromatic N) is 3. The van der Waals surface area contributed by atoms with E-state index in [1.807, 2.05) is 19.3 Å². The van der Waals surface area contributed by atoms with Crippen LogP contribution in [0.25, 0.3) is 0 Å². The number of aromatic nitrogens is 1. The second-order valence-corrected chi connectivity index (χ2v) is 7.58. The Hall–Kier alpha value is -2.31. The number of nitrogens with two attached hydrogens (primary N) is 1. The summed E-state index contributed by atoms with van der Waals surface area (Å²) in [5, 5.41) is 6.97. The third-order valence-corrected chi connectivity index (χ3v) is 5.61. The summed E-state index contributed by atoms with van der Waals surface area (Å²) in [4.78, 5) is 22.7. The number of piperidine rings is 1. The zero-order chi connectivity index (χ0) is 19.1. The van der Waals surface area contributed by atoms with Crippen LogP contribution in [0.4, 0.5) is 5.82 Å². The van der Waals surface area contributed by atoms with Crippen LogP contribution in [0.3, 0.4) is 0 Å². The van der Waals surface area contributed by atoms with Crippen molar-refractivity contribution in [3.05, 3.63) is 23.9 Å². The number of rotatable bonds is 5. The highest BCUT2D eigenvalue weighted by molar-refractivity contribution is 5.80. The normalized spacial score (nSPS) is 21.7. The second kappa shape index (κ2) is 9.58. The van der Waals surface area contributed by atoms with Gasteiger partial charge < -0.3 is 21.3 Å². The van der Waals surface area contributed by atoms with Crippen molar-refractivity contribution in [3.63, 3.8) is 0 Å². The lowest BCUT2D eigenvalue weighted by Gasteiger charge is -2.33. The number of aliphatic imine (C=N–C) groups is 1. The molecule has 1 amide bonds. The summed E-state index contributed by atoms with van der Waals surface area (Å²) in [6.45, 7) is 2.20. The maximum Gasteiger partial charge on any atom is 0.222 e. The van der Waals surface area contributed by atoms with Crippen LogP contribution in [0.15, 0.2) is 23.3 Å². The smallest absolute Gasteiger partial charge is 0.222 e. The Balaban J connectivity index is 1.62. The van der Waals surface area contributed by atoms with E-state index in [4.69, 9.17) is 5.73 Å². The van der Waals surface area contributed by atoms with Gasteiger partial charge in [0.25, 0.3) is 0 Å². The van der Waals surface area contributed by atoms with E-state index in [-0.39, 0.29) is 11.8 Å². The number of carbonyl (C=O) groups excluding carboxylic acids is 1. The van der Waals surface area contributed by atoms with Crippen LogP contribution in [0.5, 0.6) is 0 Å². The Labute approximate surface area is 161 Å². The van der Waals surface area contributed by atoms with Gasteiger partial charge >= 0.3 is 0 Å². The summed E-state index contributed by atoms with van der Waals surface area (Å²) in [7, 11) is 1.81. The van der Waals surface area contributed by atoms with Crippen molar-refractivity contribution in [1.82, 2.24) is 15.6 Å².